The number of nitrogens with one attached hydrogen (secondary N) is 1. The lowest BCUT2D eigenvalue weighted by atomic mass is 10.0. The van der Waals surface area contributed by atoms with Gasteiger partial charge in [0.1, 0.15) is 18.9 Å². The molecule has 2 unspecified atom stereocenters. The van der Waals surface area contributed by atoms with Crippen LogP contribution in [0.15, 0.2) is 12.4 Å². The molecule has 1 saturated carbocycles. The molecule has 1 fully saturated rings. The van der Waals surface area contributed by atoms with Gasteiger partial charge in [-0.25, -0.2) is 0 Å². The van der Waals surface area contributed by atoms with Crippen LogP contribution < -0.4 is 5.32 Å². The van der Waals surface area contributed by atoms with Crippen LogP contribution in [0.3, 0.4) is 0 Å². The fraction of sp³-hybridized carbons (Fsp3) is 0.545. The van der Waals surface area contributed by atoms with E-state index in [1.54, 1.807) is 0 Å². The van der Waals surface area contributed by atoms with Crippen LogP contribution in [0.2, 0.25) is 0 Å². The molecule has 0 saturated heterocycles. The van der Waals surface area contributed by atoms with Crippen molar-refractivity contribution < 1.29 is 19.6 Å². The lowest BCUT2D eigenvalue weighted by molar-refractivity contribution is -0.385. The molecule has 1 aliphatic carbocycles. The number of carbonyl (C=O) groups excluding carboxylic acids is 1. The summed E-state index contributed by atoms with van der Waals surface area (Å²) >= 11 is 0. The number of nitro groups is 1. The van der Waals surface area contributed by atoms with E-state index in [1.165, 1.54) is 0 Å². The van der Waals surface area contributed by atoms with Crippen molar-refractivity contribution in [2.24, 2.45) is 5.92 Å². The molecule has 2 N–H and O–H groups in total. The minimum Gasteiger partial charge on any atom is -0.481 e. The maximum atomic E-state index is 11.8. The second-order valence-electron chi connectivity index (χ2n) is 4.70. The second kappa shape index (κ2) is 5.68. The molecule has 2 rings (SSSR count). The first-order valence-corrected chi connectivity index (χ1v) is 6.16. The number of aliphatic carboxylic acids is 1. The number of rotatable bonds is 5. The third-order valence-corrected chi connectivity index (χ3v) is 3.32. The van der Waals surface area contributed by atoms with Crippen LogP contribution in [0.4, 0.5) is 5.69 Å². The van der Waals surface area contributed by atoms with Crippen molar-refractivity contribution in [3.8, 4) is 0 Å². The summed E-state index contributed by atoms with van der Waals surface area (Å²) in [4.78, 5) is 32.7. The fourth-order valence-electron chi connectivity index (χ4n) is 2.36. The minimum absolute atomic E-state index is 0.170. The number of aromatic nitrogens is 2. The van der Waals surface area contributed by atoms with Crippen molar-refractivity contribution >= 4 is 17.6 Å². The van der Waals surface area contributed by atoms with Gasteiger partial charge in [-0.05, 0) is 12.8 Å². The molecule has 2 atom stereocenters. The average Bonchev–Trinajstić information content (AvgIpc) is 2.97. The Morgan fingerprint density at radius 3 is 2.90 bits per heavy atom. The van der Waals surface area contributed by atoms with Crippen LogP contribution in [0.25, 0.3) is 0 Å². The number of nitrogens with zero attached hydrogens (tertiary/aromatic N) is 3. The fourth-order valence-corrected chi connectivity index (χ4v) is 2.36. The lowest BCUT2D eigenvalue weighted by Gasteiger charge is -2.17. The van der Waals surface area contributed by atoms with E-state index in [0.717, 1.165) is 23.5 Å². The Morgan fingerprint density at radius 2 is 2.30 bits per heavy atom. The first-order valence-electron chi connectivity index (χ1n) is 6.16. The van der Waals surface area contributed by atoms with Crippen molar-refractivity contribution in [3.05, 3.63) is 22.5 Å². The summed E-state index contributed by atoms with van der Waals surface area (Å²) in [7, 11) is 0. The van der Waals surface area contributed by atoms with Crippen molar-refractivity contribution in [2.75, 3.05) is 0 Å². The highest BCUT2D eigenvalue weighted by Crippen LogP contribution is 2.25. The molecule has 0 aliphatic heterocycles. The Hall–Kier alpha value is -2.45. The largest absolute Gasteiger partial charge is 0.481 e. The third kappa shape index (κ3) is 3.11. The normalized spacial score (nSPS) is 21.6. The van der Waals surface area contributed by atoms with Gasteiger partial charge in [0, 0.05) is 6.04 Å². The Bertz CT molecular complexity index is 541. The van der Waals surface area contributed by atoms with Crippen LogP contribution in [-0.4, -0.2) is 37.7 Å². The van der Waals surface area contributed by atoms with E-state index in [9.17, 15) is 19.7 Å². The monoisotopic (exact) mass is 282 g/mol. The van der Waals surface area contributed by atoms with Crippen molar-refractivity contribution in [3.63, 3.8) is 0 Å². The molecule has 9 heteroatoms. The molecule has 1 aromatic heterocycles. The van der Waals surface area contributed by atoms with Crippen molar-refractivity contribution in [2.45, 2.75) is 31.8 Å². The number of hydrogen-bond acceptors (Lipinski definition) is 5. The maximum absolute atomic E-state index is 11.8. The smallest absolute Gasteiger partial charge is 0.308 e. The molecular formula is C11H14N4O5. The molecule has 1 aromatic rings. The van der Waals surface area contributed by atoms with E-state index in [2.05, 4.69) is 10.4 Å². The molecule has 1 heterocycles. The van der Waals surface area contributed by atoms with Crippen molar-refractivity contribution in [1.82, 2.24) is 15.1 Å². The topological polar surface area (TPSA) is 127 Å². The van der Waals surface area contributed by atoms with Gasteiger partial charge in [-0.1, -0.05) is 6.42 Å². The summed E-state index contributed by atoms with van der Waals surface area (Å²) in [6, 6.07) is -0.384. The van der Waals surface area contributed by atoms with Gasteiger partial charge >= 0.3 is 11.7 Å². The Labute approximate surface area is 113 Å². The number of carboxylic acids is 1. The van der Waals surface area contributed by atoms with Crippen LogP contribution in [0.1, 0.15) is 19.3 Å². The number of carboxylic acid groups (broad SMARTS) is 1. The quantitative estimate of drug-likeness (QED) is 0.585. The summed E-state index contributed by atoms with van der Waals surface area (Å²) in [5, 5.41) is 25.8. The van der Waals surface area contributed by atoms with Gasteiger partial charge < -0.3 is 10.4 Å². The predicted molar refractivity (Wildman–Crippen MR) is 65.8 cm³/mol. The highest BCUT2D eigenvalue weighted by molar-refractivity contribution is 5.78. The summed E-state index contributed by atoms with van der Waals surface area (Å²) in [6.45, 7) is -0.170. The van der Waals surface area contributed by atoms with Gasteiger partial charge in [0.05, 0.1) is 10.8 Å². The summed E-state index contributed by atoms with van der Waals surface area (Å²) in [6.07, 6.45) is 4.15. The summed E-state index contributed by atoms with van der Waals surface area (Å²) in [5.41, 5.74) is -0.193. The standard InChI is InChI=1S/C11H14N4O5/c16-10(6-14-5-7(4-12-14)15(19)20)13-9-3-1-2-8(9)11(17)18/h4-5,8-9H,1-3,6H2,(H,13,16)(H,17,18). The maximum Gasteiger partial charge on any atom is 0.308 e. The molecular weight excluding hydrogens is 268 g/mol. The van der Waals surface area contributed by atoms with Crippen molar-refractivity contribution in [1.29, 1.82) is 0 Å². The lowest BCUT2D eigenvalue weighted by Crippen LogP contribution is -2.41. The van der Waals surface area contributed by atoms with E-state index in [4.69, 9.17) is 5.11 Å². The zero-order valence-electron chi connectivity index (χ0n) is 10.6. The van der Waals surface area contributed by atoms with Crippen LogP contribution in [-0.2, 0) is 16.1 Å². The van der Waals surface area contributed by atoms with Crippen LogP contribution in [0.5, 0.6) is 0 Å². The molecule has 0 spiro atoms. The molecule has 1 amide bonds. The second-order valence-corrected chi connectivity index (χ2v) is 4.70. The highest BCUT2D eigenvalue weighted by Gasteiger charge is 2.33. The molecule has 108 valence electrons. The summed E-state index contributed by atoms with van der Waals surface area (Å²) in [5.74, 6) is -1.88. The highest BCUT2D eigenvalue weighted by atomic mass is 16.6. The van der Waals surface area contributed by atoms with Gasteiger partial charge in [0.15, 0.2) is 0 Å². The first-order chi connectivity index (χ1) is 9.47. The SMILES string of the molecule is O=C(Cn1cc([N+](=O)[O-])cn1)NC1CCCC1C(=O)O. The van der Waals surface area contributed by atoms with E-state index in [-0.39, 0.29) is 18.3 Å². The molecule has 1 aliphatic rings. The Kier molecular flexibility index (Phi) is 3.97. The zero-order chi connectivity index (χ0) is 14.7. The van der Waals surface area contributed by atoms with E-state index >= 15 is 0 Å². The Morgan fingerprint density at radius 1 is 1.55 bits per heavy atom. The third-order valence-electron chi connectivity index (χ3n) is 3.32. The average molecular weight is 282 g/mol. The minimum atomic E-state index is -0.914. The van der Waals surface area contributed by atoms with E-state index in [1.807, 2.05) is 0 Å². The predicted octanol–water partition coefficient (Wildman–Crippen LogP) is 0.161. The molecule has 0 radical (unpaired) electrons. The van der Waals surface area contributed by atoms with Gasteiger partial charge in [0.2, 0.25) is 5.91 Å². The van der Waals surface area contributed by atoms with Gasteiger partial charge in [-0.2, -0.15) is 5.10 Å². The van der Waals surface area contributed by atoms with E-state index in [0.29, 0.717) is 12.8 Å². The Balaban J connectivity index is 1.91. The van der Waals surface area contributed by atoms with Crippen LogP contribution >= 0.6 is 0 Å². The van der Waals surface area contributed by atoms with Gasteiger partial charge in [-0.15, -0.1) is 0 Å². The van der Waals surface area contributed by atoms with Crippen LogP contribution in [0, 0.1) is 16.0 Å². The number of hydrogen-bond donors (Lipinski definition) is 2. The van der Waals surface area contributed by atoms with E-state index < -0.39 is 22.7 Å². The molecule has 0 aromatic carbocycles. The number of amides is 1. The van der Waals surface area contributed by atoms with Gasteiger partial charge in [-0.3, -0.25) is 24.4 Å². The zero-order valence-corrected chi connectivity index (χ0v) is 10.6. The molecule has 0 bridgehead atoms. The number of carbonyl (C=O) groups is 2. The molecule has 20 heavy (non-hydrogen) atoms. The first kappa shape index (κ1) is 14.0. The van der Waals surface area contributed by atoms with Gasteiger partial charge in [0.25, 0.3) is 0 Å². The molecule has 9 nitrogen and oxygen atoms in total. The summed E-state index contributed by atoms with van der Waals surface area (Å²) < 4.78 is 1.15.